The number of amidine groups is 1. The smallest absolute Gasteiger partial charge is 0.161 e. The van der Waals surface area contributed by atoms with Crippen molar-refractivity contribution < 1.29 is 0 Å². The van der Waals surface area contributed by atoms with Crippen LogP contribution in [0.25, 0.3) is 0 Å². The Kier molecular flexibility index (Phi) is 4.73. The molecule has 1 unspecified atom stereocenters. The van der Waals surface area contributed by atoms with Crippen molar-refractivity contribution in [2.24, 2.45) is 10.9 Å². The van der Waals surface area contributed by atoms with E-state index < -0.39 is 0 Å². The van der Waals surface area contributed by atoms with Gasteiger partial charge >= 0.3 is 0 Å². The highest BCUT2D eigenvalue weighted by Gasteiger charge is 2.19. The van der Waals surface area contributed by atoms with E-state index in [1.54, 1.807) is 0 Å². The fourth-order valence-electron chi connectivity index (χ4n) is 1.84. The largest absolute Gasteiger partial charge is 0.335 e. The summed E-state index contributed by atoms with van der Waals surface area (Å²) >= 11 is 4.15. The van der Waals surface area contributed by atoms with Crippen molar-refractivity contribution in [2.45, 2.75) is 26.3 Å². The van der Waals surface area contributed by atoms with Crippen molar-refractivity contribution in [3.8, 4) is 0 Å². The van der Waals surface area contributed by atoms with Crippen molar-refractivity contribution in [3.63, 3.8) is 0 Å². The van der Waals surface area contributed by atoms with E-state index in [1.165, 1.54) is 9.99 Å². The van der Waals surface area contributed by atoms with E-state index >= 15 is 0 Å². The van der Waals surface area contributed by atoms with E-state index in [-0.39, 0.29) is 0 Å². The van der Waals surface area contributed by atoms with Crippen molar-refractivity contribution in [1.82, 2.24) is 0 Å². The first kappa shape index (κ1) is 13.2. The van der Waals surface area contributed by atoms with E-state index in [0.717, 1.165) is 22.5 Å². The molecule has 1 atom stereocenters. The molecular weight excluding hydrogens is 343 g/mol. The summed E-state index contributed by atoms with van der Waals surface area (Å²) in [5, 5.41) is 4.46. The second-order valence-electron chi connectivity index (χ2n) is 4.66. The molecule has 17 heavy (non-hydrogen) atoms. The molecule has 1 aromatic rings. The molecule has 0 amide bonds. The Morgan fingerprint density at radius 3 is 3.06 bits per heavy atom. The Balaban J connectivity index is 1.96. The summed E-state index contributed by atoms with van der Waals surface area (Å²) in [6.45, 7) is 4.51. The number of nitrogens with zero attached hydrogens (tertiary/aromatic N) is 1. The predicted molar refractivity (Wildman–Crippen MR) is 85.9 cm³/mol. The Bertz CT molecular complexity index is 418. The van der Waals surface area contributed by atoms with Crippen LogP contribution >= 0.6 is 34.4 Å². The molecule has 0 bridgehead atoms. The Morgan fingerprint density at radius 2 is 2.35 bits per heavy atom. The molecule has 4 heteroatoms. The molecular formula is C13H17IN2S. The molecule has 1 N–H and O–H groups in total. The zero-order chi connectivity index (χ0) is 12.3. The molecule has 0 saturated carbocycles. The predicted octanol–water partition coefficient (Wildman–Crippen LogP) is 4.22. The molecule has 0 spiro atoms. The molecule has 0 radical (unpaired) electrons. The van der Waals surface area contributed by atoms with Gasteiger partial charge in [-0.15, -0.1) is 0 Å². The summed E-state index contributed by atoms with van der Waals surface area (Å²) < 4.78 is 1.25. The topological polar surface area (TPSA) is 24.4 Å². The molecule has 1 aliphatic rings. The Hall–Kier alpha value is -0.230. The molecule has 1 aromatic carbocycles. The summed E-state index contributed by atoms with van der Waals surface area (Å²) in [4.78, 5) is 4.72. The minimum absolute atomic E-state index is 0.491. The molecule has 1 aliphatic heterocycles. The highest BCUT2D eigenvalue weighted by molar-refractivity contribution is 14.1. The van der Waals surface area contributed by atoms with Gasteiger partial charge in [0.05, 0.1) is 6.04 Å². The fourth-order valence-corrected chi connectivity index (χ4v) is 3.36. The number of anilines is 1. The van der Waals surface area contributed by atoms with Gasteiger partial charge in [0.2, 0.25) is 0 Å². The third kappa shape index (κ3) is 4.17. The Morgan fingerprint density at radius 1 is 1.53 bits per heavy atom. The van der Waals surface area contributed by atoms with E-state index in [1.807, 2.05) is 11.8 Å². The number of hydrogen-bond donors (Lipinski definition) is 1. The second kappa shape index (κ2) is 6.09. The zero-order valence-corrected chi connectivity index (χ0v) is 13.1. The summed E-state index contributed by atoms with van der Waals surface area (Å²) in [7, 11) is 0. The van der Waals surface area contributed by atoms with Crippen LogP contribution < -0.4 is 5.32 Å². The van der Waals surface area contributed by atoms with E-state index in [4.69, 9.17) is 4.99 Å². The van der Waals surface area contributed by atoms with Crippen LogP contribution in [0.1, 0.15) is 20.3 Å². The summed E-state index contributed by atoms with van der Waals surface area (Å²) in [5.41, 5.74) is 1.13. The number of benzene rings is 1. The van der Waals surface area contributed by atoms with Gasteiger partial charge in [-0.05, 0) is 53.1 Å². The van der Waals surface area contributed by atoms with Crippen LogP contribution in [0.15, 0.2) is 29.3 Å². The molecule has 0 fully saturated rings. The quantitative estimate of drug-likeness (QED) is 0.817. The average Bonchev–Trinajstić information content (AvgIpc) is 2.64. The van der Waals surface area contributed by atoms with Gasteiger partial charge in [-0.25, -0.2) is 0 Å². The van der Waals surface area contributed by atoms with E-state index in [9.17, 15) is 0 Å². The molecule has 0 aromatic heterocycles. The van der Waals surface area contributed by atoms with Gasteiger partial charge < -0.3 is 5.32 Å². The number of hydrogen-bond acceptors (Lipinski definition) is 3. The van der Waals surface area contributed by atoms with Gasteiger partial charge in [-0.2, -0.15) is 0 Å². The maximum absolute atomic E-state index is 4.72. The number of nitrogens with one attached hydrogen (secondary N) is 1. The summed E-state index contributed by atoms with van der Waals surface area (Å²) in [6, 6.07) is 8.87. The van der Waals surface area contributed by atoms with Gasteiger partial charge in [0.1, 0.15) is 0 Å². The highest BCUT2D eigenvalue weighted by Crippen LogP contribution is 2.24. The molecule has 2 rings (SSSR count). The van der Waals surface area contributed by atoms with Crippen molar-refractivity contribution in [3.05, 3.63) is 27.8 Å². The summed E-state index contributed by atoms with van der Waals surface area (Å²) in [6.07, 6.45) is 1.19. The van der Waals surface area contributed by atoms with Gasteiger partial charge in [0.25, 0.3) is 0 Å². The Labute approximate surface area is 121 Å². The lowest BCUT2D eigenvalue weighted by molar-refractivity contribution is 0.529. The van der Waals surface area contributed by atoms with Gasteiger partial charge in [0.15, 0.2) is 5.17 Å². The maximum atomic E-state index is 4.72. The highest BCUT2D eigenvalue weighted by atomic mass is 127. The SMILES string of the molecule is CC(C)CC1CSC(Nc2cccc(I)c2)=N1. The van der Waals surface area contributed by atoms with Crippen LogP contribution in [0.2, 0.25) is 0 Å². The zero-order valence-electron chi connectivity index (χ0n) is 10.1. The number of halogens is 1. The minimum atomic E-state index is 0.491. The van der Waals surface area contributed by atoms with Crippen molar-refractivity contribution in [1.29, 1.82) is 0 Å². The first-order chi connectivity index (χ1) is 8.13. The molecule has 1 heterocycles. The van der Waals surface area contributed by atoms with E-state index in [2.05, 4.69) is 66.0 Å². The average molecular weight is 360 g/mol. The first-order valence-electron chi connectivity index (χ1n) is 5.86. The van der Waals surface area contributed by atoms with Crippen molar-refractivity contribution >= 4 is 45.2 Å². The maximum Gasteiger partial charge on any atom is 0.161 e. The third-order valence-corrected chi connectivity index (χ3v) is 4.23. The lowest BCUT2D eigenvalue weighted by Gasteiger charge is -2.07. The standard InChI is InChI=1S/C13H17IN2S/c1-9(2)6-12-8-17-13(16-12)15-11-5-3-4-10(14)7-11/h3-5,7,9,12H,6,8H2,1-2H3,(H,15,16). The second-order valence-corrected chi connectivity index (χ2v) is 6.92. The van der Waals surface area contributed by atoms with Gasteiger partial charge in [-0.1, -0.05) is 31.7 Å². The lowest BCUT2D eigenvalue weighted by atomic mass is 10.1. The van der Waals surface area contributed by atoms with Crippen LogP contribution in [0.5, 0.6) is 0 Å². The fraction of sp³-hybridized carbons (Fsp3) is 0.462. The van der Waals surface area contributed by atoms with Gasteiger partial charge in [0, 0.05) is 15.0 Å². The van der Waals surface area contributed by atoms with Gasteiger partial charge in [-0.3, -0.25) is 4.99 Å². The number of thioether (sulfide) groups is 1. The third-order valence-electron chi connectivity index (χ3n) is 2.53. The normalized spacial score (nSPS) is 19.5. The monoisotopic (exact) mass is 360 g/mol. The molecule has 2 nitrogen and oxygen atoms in total. The molecule has 0 saturated heterocycles. The van der Waals surface area contributed by atoms with E-state index in [0.29, 0.717) is 6.04 Å². The minimum Gasteiger partial charge on any atom is -0.335 e. The lowest BCUT2D eigenvalue weighted by Crippen LogP contribution is -2.08. The van der Waals surface area contributed by atoms with Crippen LogP contribution in [0.4, 0.5) is 5.69 Å². The molecule has 92 valence electrons. The van der Waals surface area contributed by atoms with Crippen LogP contribution in [0, 0.1) is 9.49 Å². The van der Waals surface area contributed by atoms with Crippen LogP contribution in [-0.4, -0.2) is 17.0 Å². The molecule has 0 aliphatic carbocycles. The number of rotatable bonds is 3. The van der Waals surface area contributed by atoms with Crippen LogP contribution in [-0.2, 0) is 0 Å². The summed E-state index contributed by atoms with van der Waals surface area (Å²) in [5.74, 6) is 1.84. The van der Waals surface area contributed by atoms with Crippen LogP contribution in [0.3, 0.4) is 0 Å². The first-order valence-corrected chi connectivity index (χ1v) is 7.93. The number of aliphatic imine (C=N–C) groups is 1. The van der Waals surface area contributed by atoms with Crippen molar-refractivity contribution in [2.75, 3.05) is 11.1 Å².